The Bertz CT molecular complexity index is 600. The van der Waals surface area contributed by atoms with Gasteiger partial charge in [0.05, 0.1) is 17.2 Å². The van der Waals surface area contributed by atoms with E-state index in [1.54, 1.807) is 36.4 Å². The molecule has 0 bridgehead atoms. The van der Waals surface area contributed by atoms with Crippen molar-refractivity contribution in [1.29, 1.82) is 0 Å². The lowest BCUT2D eigenvalue weighted by molar-refractivity contribution is -0.144. The van der Waals surface area contributed by atoms with Crippen molar-refractivity contribution in [2.45, 2.75) is 25.5 Å². The molecule has 1 heterocycles. The number of carbonyl (C=O) groups is 3. The molecule has 5 nitrogen and oxygen atoms in total. The quantitative estimate of drug-likeness (QED) is 0.465. The molecule has 3 rings (SSSR count). The molecule has 0 saturated heterocycles. The zero-order valence-electron chi connectivity index (χ0n) is 10.9. The van der Waals surface area contributed by atoms with Crippen LogP contribution in [-0.4, -0.2) is 34.8 Å². The van der Waals surface area contributed by atoms with Gasteiger partial charge in [0.25, 0.3) is 11.8 Å². The number of amides is 2. The molecule has 0 unspecified atom stereocenters. The Morgan fingerprint density at radius 3 is 2.30 bits per heavy atom. The zero-order chi connectivity index (χ0) is 14.3. The van der Waals surface area contributed by atoms with E-state index in [0.717, 1.165) is 0 Å². The summed E-state index contributed by atoms with van der Waals surface area (Å²) in [5, 5.41) is 0. The number of carbonyl (C=O) groups excluding carboxylic acids is 3. The van der Waals surface area contributed by atoms with Gasteiger partial charge in [0.15, 0.2) is 0 Å². The molecule has 2 aliphatic rings. The fraction of sp³-hybridized carbons (Fsp3) is 0.267. The van der Waals surface area contributed by atoms with Crippen LogP contribution in [0.5, 0.6) is 0 Å². The van der Waals surface area contributed by atoms with Crippen LogP contribution >= 0.6 is 0 Å². The van der Waals surface area contributed by atoms with Gasteiger partial charge in [0, 0.05) is 13.3 Å². The van der Waals surface area contributed by atoms with Crippen LogP contribution in [0.4, 0.5) is 0 Å². The van der Waals surface area contributed by atoms with Crippen molar-refractivity contribution in [3.63, 3.8) is 0 Å². The Balaban J connectivity index is 1.81. The van der Waals surface area contributed by atoms with Crippen LogP contribution in [0.2, 0.25) is 0 Å². The van der Waals surface area contributed by atoms with Crippen LogP contribution in [-0.2, 0) is 9.53 Å². The van der Waals surface area contributed by atoms with Crippen molar-refractivity contribution >= 4 is 17.8 Å². The number of hydrogen-bond donors (Lipinski definition) is 0. The first kappa shape index (κ1) is 12.6. The average molecular weight is 271 g/mol. The van der Waals surface area contributed by atoms with E-state index in [1.165, 1.54) is 11.8 Å². The topological polar surface area (TPSA) is 63.7 Å². The summed E-state index contributed by atoms with van der Waals surface area (Å²) in [5.41, 5.74) is 0.865. The SMILES string of the molecule is CC(=O)O[C@@H]1C=C[C@@H](N2C(=O)c3ccccc3C2=O)C1. The molecule has 0 saturated carbocycles. The third-order valence-electron chi connectivity index (χ3n) is 3.50. The maximum atomic E-state index is 12.3. The highest BCUT2D eigenvalue weighted by atomic mass is 16.5. The molecule has 20 heavy (non-hydrogen) atoms. The molecule has 0 fully saturated rings. The number of nitrogens with zero attached hydrogens (tertiary/aromatic N) is 1. The third kappa shape index (κ3) is 1.91. The molecular formula is C15H13NO4. The number of hydrogen-bond acceptors (Lipinski definition) is 4. The summed E-state index contributed by atoms with van der Waals surface area (Å²) in [6.45, 7) is 1.34. The number of fused-ring (bicyclic) bond motifs is 1. The van der Waals surface area contributed by atoms with Crippen molar-refractivity contribution in [2.24, 2.45) is 0 Å². The van der Waals surface area contributed by atoms with E-state index in [4.69, 9.17) is 4.74 Å². The Hall–Kier alpha value is -2.43. The third-order valence-corrected chi connectivity index (χ3v) is 3.50. The zero-order valence-corrected chi connectivity index (χ0v) is 10.9. The highest BCUT2D eigenvalue weighted by Gasteiger charge is 2.41. The van der Waals surface area contributed by atoms with Crippen molar-refractivity contribution in [3.8, 4) is 0 Å². The van der Waals surface area contributed by atoms with Crippen LogP contribution in [0.25, 0.3) is 0 Å². The Morgan fingerprint density at radius 2 is 1.75 bits per heavy atom. The number of benzene rings is 1. The number of imide groups is 1. The molecular weight excluding hydrogens is 258 g/mol. The van der Waals surface area contributed by atoms with Crippen molar-refractivity contribution < 1.29 is 19.1 Å². The molecule has 0 N–H and O–H groups in total. The summed E-state index contributed by atoms with van der Waals surface area (Å²) in [6.07, 6.45) is 3.51. The highest BCUT2D eigenvalue weighted by Crippen LogP contribution is 2.29. The van der Waals surface area contributed by atoms with E-state index in [-0.39, 0.29) is 29.9 Å². The molecule has 0 radical (unpaired) electrons. The molecule has 2 atom stereocenters. The minimum atomic E-state index is -0.373. The van der Waals surface area contributed by atoms with E-state index in [0.29, 0.717) is 17.5 Å². The first-order valence-corrected chi connectivity index (χ1v) is 6.40. The number of ether oxygens (including phenoxy) is 1. The molecule has 1 aromatic carbocycles. The van der Waals surface area contributed by atoms with Crippen LogP contribution < -0.4 is 0 Å². The Kier molecular flexibility index (Phi) is 2.89. The smallest absolute Gasteiger partial charge is 0.303 e. The van der Waals surface area contributed by atoms with Crippen molar-refractivity contribution in [3.05, 3.63) is 47.5 Å². The van der Waals surface area contributed by atoms with Crippen LogP contribution in [0.15, 0.2) is 36.4 Å². The van der Waals surface area contributed by atoms with E-state index in [9.17, 15) is 14.4 Å². The summed E-state index contributed by atoms with van der Waals surface area (Å²) in [7, 11) is 0. The second-order valence-corrected chi connectivity index (χ2v) is 4.86. The molecule has 1 aromatic rings. The highest BCUT2D eigenvalue weighted by molar-refractivity contribution is 6.21. The fourth-order valence-electron chi connectivity index (χ4n) is 2.65. The largest absolute Gasteiger partial charge is 0.458 e. The lowest BCUT2D eigenvalue weighted by Crippen LogP contribution is -2.38. The van der Waals surface area contributed by atoms with Gasteiger partial charge < -0.3 is 4.74 Å². The summed E-state index contributed by atoms with van der Waals surface area (Å²) in [6, 6.07) is 6.42. The summed E-state index contributed by atoms with van der Waals surface area (Å²) >= 11 is 0. The molecule has 1 aliphatic carbocycles. The number of rotatable bonds is 2. The summed E-state index contributed by atoms with van der Waals surface area (Å²) in [5.74, 6) is -0.949. The Labute approximate surface area is 115 Å². The molecule has 0 spiro atoms. The van der Waals surface area contributed by atoms with Crippen molar-refractivity contribution in [2.75, 3.05) is 0 Å². The fourth-order valence-corrected chi connectivity index (χ4v) is 2.65. The lowest BCUT2D eigenvalue weighted by Gasteiger charge is -2.21. The normalized spacial score (nSPS) is 24.1. The second-order valence-electron chi connectivity index (χ2n) is 4.86. The first-order valence-electron chi connectivity index (χ1n) is 6.40. The van der Waals surface area contributed by atoms with Gasteiger partial charge in [-0.2, -0.15) is 0 Å². The summed E-state index contributed by atoms with van der Waals surface area (Å²) in [4.78, 5) is 36.7. The molecule has 5 heteroatoms. The minimum absolute atomic E-state index is 0.288. The van der Waals surface area contributed by atoms with E-state index in [2.05, 4.69) is 0 Å². The van der Waals surface area contributed by atoms with Crippen molar-refractivity contribution in [1.82, 2.24) is 4.90 Å². The van der Waals surface area contributed by atoms with E-state index in [1.807, 2.05) is 0 Å². The van der Waals surface area contributed by atoms with Gasteiger partial charge >= 0.3 is 5.97 Å². The van der Waals surface area contributed by atoms with Gasteiger partial charge in [0.2, 0.25) is 0 Å². The lowest BCUT2D eigenvalue weighted by atomic mass is 10.1. The van der Waals surface area contributed by atoms with E-state index >= 15 is 0 Å². The monoisotopic (exact) mass is 271 g/mol. The van der Waals surface area contributed by atoms with E-state index < -0.39 is 0 Å². The van der Waals surface area contributed by atoms with Gasteiger partial charge in [-0.05, 0) is 18.2 Å². The average Bonchev–Trinajstić information content (AvgIpc) is 2.94. The predicted octanol–water partition coefficient (Wildman–Crippen LogP) is 1.54. The Morgan fingerprint density at radius 1 is 1.15 bits per heavy atom. The second kappa shape index (κ2) is 4.59. The van der Waals surface area contributed by atoms with Crippen LogP contribution in [0.1, 0.15) is 34.1 Å². The molecule has 1 aliphatic heterocycles. The van der Waals surface area contributed by atoms with Gasteiger partial charge in [-0.3, -0.25) is 19.3 Å². The van der Waals surface area contributed by atoms with Gasteiger partial charge in [-0.1, -0.05) is 18.2 Å². The minimum Gasteiger partial charge on any atom is -0.458 e. The molecule has 2 amide bonds. The molecule has 0 aromatic heterocycles. The van der Waals surface area contributed by atoms with Crippen LogP contribution in [0.3, 0.4) is 0 Å². The number of esters is 1. The maximum Gasteiger partial charge on any atom is 0.303 e. The molecule has 102 valence electrons. The van der Waals surface area contributed by atoms with Crippen LogP contribution in [0, 0.1) is 0 Å². The standard InChI is InChI=1S/C15H13NO4/c1-9(17)20-11-7-6-10(8-11)16-14(18)12-4-2-3-5-13(12)15(16)19/h2-7,10-11H,8H2,1H3/t10-,11-/m1/s1. The van der Waals surface area contributed by atoms with Gasteiger partial charge in [-0.25, -0.2) is 0 Å². The maximum absolute atomic E-state index is 12.3. The summed E-state index contributed by atoms with van der Waals surface area (Å²) < 4.78 is 5.07. The predicted molar refractivity (Wildman–Crippen MR) is 70.0 cm³/mol. The van der Waals surface area contributed by atoms with Gasteiger partial charge in [0.1, 0.15) is 6.10 Å². The van der Waals surface area contributed by atoms with Gasteiger partial charge in [-0.15, -0.1) is 0 Å². The first-order chi connectivity index (χ1) is 9.58.